The Kier molecular flexibility index (Phi) is 5.95. The van der Waals surface area contributed by atoms with Gasteiger partial charge in [0.15, 0.2) is 5.96 Å². The number of ether oxygens (including phenoxy) is 2. The summed E-state index contributed by atoms with van der Waals surface area (Å²) < 4.78 is 10.2. The Morgan fingerprint density at radius 1 is 1.08 bits per heavy atom. The number of benzene rings is 1. The van der Waals surface area contributed by atoms with Crippen LogP contribution in [-0.4, -0.2) is 30.1 Å². The predicted octanol–water partition coefficient (Wildman–Crippen LogP) is 3.47. The van der Waals surface area contributed by atoms with Crippen molar-refractivity contribution in [2.75, 3.05) is 24.9 Å². The zero-order valence-corrected chi connectivity index (χ0v) is 14.4. The first-order valence-electron chi connectivity index (χ1n) is 7.75. The number of anilines is 2. The summed E-state index contributed by atoms with van der Waals surface area (Å²) in [6, 6.07) is 9.59. The zero-order valence-electron chi connectivity index (χ0n) is 14.4. The number of rotatable bonds is 6. The maximum atomic E-state index is 8.01. The molecule has 2 rings (SSSR count). The Bertz CT molecular complexity index is 666. The lowest BCUT2D eigenvalue weighted by Gasteiger charge is -2.12. The van der Waals surface area contributed by atoms with E-state index in [2.05, 4.69) is 46.6 Å². The van der Waals surface area contributed by atoms with E-state index in [0.717, 1.165) is 12.1 Å². The van der Waals surface area contributed by atoms with Gasteiger partial charge in [-0.3, -0.25) is 10.7 Å². The number of methoxy groups -OCH3 is 2. The Hall–Kier alpha value is -2.83. The van der Waals surface area contributed by atoms with E-state index < -0.39 is 0 Å². The molecule has 0 fully saturated rings. The first kappa shape index (κ1) is 17.5. The van der Waals surface area contributed by atoms with Crippen LogP contribution in [0.1, 0.15) is 31.7 Å². The maximum Gasteiger partial charge on any atom is 0.236 e. The molecule has 1 heterocycles. The van der Waals surface area contributed by atoms with Gasteiger partial charge < -0.3 is 14.8 Å². The number of hydrogen-bond donors (Lipinski definition) is 3. The van der Waals surface area contributed by atoms with Crippen molar-refractivity contribution in [1.82, 2.24) is 9.97 Å². The van der Waals surface area contributed by atoms with E-state index in [-0.39, 0.29) is 11.9 Å². The molecule has 0 aliphatic heterocycles. The highest BCUT2D eigenvalue weighted by molar-refractivity contribution is 6.00. The summed E-state index contributed by atoms with van der Waals surface area (Å²) >= 11 is 0. The van der Waals surface area contributed by atoms with Gasteiger partial charge in [-0.05, 0) is 30.0 Å². The van der Waals surface area contributed by atoms with Crippen molar-refractivity contribution in [2.24, 2.45) is 0 Å². The lowest BCUT2D eigenvalue weighted by Crippen LogP contribution is -2.22. The molecule has 1 atom stereocenters. The second kappa shape index (κ2) is 8.14. The fraction of sp³-hybridized carbons (Fsp3) is 0.353. The molecule has 24 heavy (non-hydrogen) atoms. The summed E-state index contributed by atoms with van der Waals surface area (Å²) in [6.45, 7) is 4.36. The molecular weight excluding hydrogens is 306 g/mol. The summed E-state index contributed by atoms with van der Waals surface area (Å²) in [4.78, 5) is 8.25. The molecule has 7 heteroatoms. The molecule has 0 aliphatic carbocycles. The molecule has 0 saturated carbocycles. The third-order valence-electron chi connectivity index (χ3n) is 3.70. The first-order chi connectivity index (χ1) is 11.5. The highest BCUT2D eigenvalue weighted by Gasteiger charge is 2.08. The number of hydrogen-bond acceptors (Lipinski definition) is 5. The van der Waals surface area contributed by atoms with Crippen LogP contribution in [0, 0.1) is 5.41 Å². The molecule has 7 nitrogen and oxygen atoms in total. The molecule has 128 valence electrons. The molecule has 0 saturated heterocycles. The quantitative estimate of drug-likeness (QED) is 0.555. The average Bonchev–Trinajstić information content (AvgIpc) is 2.61. The van der Waals surface area contributed by atoms with Crippen molar-refractivity contribution in [2.45, 2.75) is 26.2 Å². The molecule has 2 aromatic rings. The van der Waals surface area contributed by atoms with Crippen molar-refractivity contribution < 1.29 is 9.47 Å². The standard InChI is InChI=1S/C17H23N5O2/c1-5-11(2)12-6-8-13(9-7-12)19-16(18)22-17-20-14(23-3)10-15(21-17)24-4/h6-11H,5H2,1-4H3,(H3,18,19,20,21,22). The van der Waals surface area contributed by atoms with Gasteiger partial charge in [0.2, 0.25) is 17.7 Å². The van der Waals surface area contributed by atoms with Crippen molar-refractivity contribution in [3.05, 3.63) is 35.9 Å². The van der Waals surface area contributed by atoms with Crippen molar-refractivity contribution in [3.63, 3.8) is 0 Å². The molecule has 1 aromatic carbocycles. The first-order valence-corrected chi connectivity index (χ1v) is 7.75. The second-order valence-corrected chi connectivity index (χ2v) is 5.33. The number of guanidine groups is 1. The van der Waals surface area contributed by atoms with Crippen molar-refractivity contribution in [3.8, 4) is 11.8 Å². The van der Waals surface area contributed by atoms with Crippen LogP contribution in [0.25, 0.3) is 0 Å². The van der Waals surface area contributed by atoms with E-state index in [1.165, 1.54) is 19.8 Å². The summed E-state index contributed by atoms with van der Waals surface area (Å²) in [7, 11) is 3.02. The molecule has 1 unspecified atom stereocenters. The van der Waals surface area contributed by atoms with Crippen LogP contribution in [0.4, 0.5) is 11.6 Å². The maximum absolute atomic E-state index is 8.01. The lowest BCUT2D eigenvalue weighted by atomic mass is 9.99. The molecule has 0 amide bonds. The fourth-order valence-electron chi connectivity index (χ4n) is 2.09. The van der Waals surface area contributed by atoms with Crippen molar-refractivity contribution in [1.29, 1.82) is 5.41 Å². The molecule has 0 radical (unpaired) electrons. The summed E-state index contributed by atoms with van der Waals surface area (Å²) in [5.41, 5.74) is 2.10. The van der Waals surface area contributed by atoms with Crippen molar-refractivity contribution >= 4 is 17.6 Å². The largest absolute Gasteiger partial charge is 0.481 e. The normalized spacial score (nSPS) is 11.5. The van der Waals surface area contributed by atoms with Crippen LogP contribution in [0.3, 0.4) is 0 Å². The van der Waals surface area contributed by atoms with Crippen LogP contribution in [-0.2, 0) is 0 Å². The fourth-order valence-corrected chi connectivity index (χ4v) is 2.09. The van der Waals surface area contributed by atoms with E-state index in [4.69, 9.17) is 14.9 Å². The summed E-state index contributed by atoms with van der Waals surface area (Å²) in [6.07, 6.45) is 1.10. The monoisotopic (exact) mass is 329 g/mol. The van der Waals surface area contributed by atoms with E-state index in [9.17, 15) is 0 Å². The second-order valence-electron chi connectivity index (χ2n) is 5.33. The van der Waals surface area contributed by atoms with E-state index >= 15 is 0 Å². The molecule has 0 aliphatic rings. The Morgan fingerprint density at radius 3 is 2.17 bits per heavy atom. The van der Waals surface area contributed by atoms with Gasteiger partial charge in [0, 0.05) is 5.69 Å². The van der Waals surface area contributed by atoms with Crippen LogP contribution in [0.5, 0.6) is 11.8 Å². The van der Waals surface area contributed by atoms with Gasteiger partial charge in [-0.25, -0.2) is 0 Å². The van der Waals surface area contributed by atoms with Crippen LogP contribution >= 0.6 is 0 Å². The van der Waals surface area contributed by atoms with E-state index in [1.54, 1.807) is 6.07 Å². The minimum Gasteiger partial charge on any atom is -0.481 e. The summed E-state index contributed by atoms with van der Waals surface area (Å²) in [5.74, 6) is 1.51. The van der Waals surface area contributed by atoms with Gasteiger partial charge in [-0.1, -0.05) is 26.0 Å². The van der Waals surface area contributed by atoms with Gasteiger partial charge in [0.05, 0.1) is 20.3 Å². The third kappa shape index (κ3) is 4.58. The minimum atomic E-state index is 0.0570. The third-order valence-corrected chi connectivity index (χ3v) is 3.70. The van der Waals surface area contributed by atoms with E-state index in [0.29, 0.717) is 17.7 Å². The number of nitrogens with zero attached hydrogens (tertiary/aromatic N) is 2. The zero-order chi connectivity index (χ0) is 17.5. The topological polar surface area (TPSA) is 92.2 Å². The number of nitrogens with one attached hydrogen (secondary N) is 3. The molecule has 3 N–H and O–H groups in total. The Morgan fingerprint density at radius 2 is 1.67 bits per heavy atom. The smallest absolute Gasteiger partial charge is 0.236 e. The van der Waals surface area contributed by atoms with Crippen LogP contribution in [0.15, 0.2) is 30.3 Å². The lowest BCUT2D eigenvalue weighted by molar-refractivity contribution is 0.373. The van der Waals surface area contributed by atoms with Gasteiger partial charge in [-0.15, -0.1) is 0 Å². The molecular formula is C17H23N5O2. The minimum absolute atomic E-state index is 0.0570. The highest BCUT2D eigenvalue weighted by atomic mass is 16.5. The highest BCUT2D eigenvalue weighted by Crippen LogP contribution is 2.21. The van der Waals surface area contributed by atoms with Gasteiger partial charge in [0.25, 0.3) is 0 Å². The number of aromatic nitrogens is 2. The summed E-state index contributed by atoms with van der Waals surface area (Å²) in [5, 5.41) is 13.7. The van der Waals surface area contributed by atoms with Gasteiger partial charge >= 0.3 is 0 Å². The van der Waals surface area contributed by atoms with Gasteiger partial charge in [-0.2, -0.15) is 9.97 Å². The SMILES string of the molecule is CCC(C)c1ccc(NC(=N)Nc2nc(OC)cc(OC)n2)cc1. The molecule has 0 spiro atoms. The Balaban J connectivity index is 2.03. The van der Waals surface area contributed by atoms with Crippen LogP contribution < -0.4 is 20.1 Å². The predicted molar refractivity (Wildman–Crippen MR) is 95.3 cm³/mol. The molecule has 1 aromatic heterocycles. The van der Waals surface area contributed by atoms with Gasteiger partial charge in [0.1, 0.15) is 0 Å². The van der Waals surface area contributed by atoms with E-state index in [1.807, 2.05) is 12.1 Å². The van der Waals surface area contributed by atoms with Crippen LogP contribution in [0.2, 0.25) is 0 Å². The Labute approximate surface area is 141 Å². The average molecular weight is 329 g/mol. The molecule has 0 bridgehead atoms.